The highest BCUT2D eigenvalue weighted by molar-refractivity contribution is 7.07. The number of aryl methyl sites for hydroxylation is 1. The second-order valence-electron chi connectivity index (χ2n) is 3.17. The van der Waals surface area contributed by atoms with Gasteiger partial charge in [-0.2, -0.15) is 11.3 Å². The fourth-order valence-corrected chi connectivity index (χ4v) is 2.23. The van der Waals surface area contributed by atoms with Crippen molar-refractivity contribution in [3.63, 3.8) is 0 Å². The number of imidazole rings is 1. The first-order valence-corrected chi connectivity index (χ1v) is 5.44. The highest BCUT2D eigenvalue weighted by Gasteiger charge is 2.15. The zero-order valence-corrected chi connectivity index (χ0v) is 9.08. The van der Waals surface area contributed by atoms with Crippen LogP contribution in [0.1, 0.15) is 17.4 Å². The van der Waals surface area contributed by atoms with Crippen LogP contribution in [0.25, 0.3) is 0 Å². The quantitative estimate of drug-likeness (QED) is 0.831. The highest BCUT2D eigenvalue weighted by atomic mass is 32.1. The molecule has 0 bridgehead atoms. The molecule has 2 rings (SSSR count). The second-order valence-corrected chi connectivity index (χ2v) is 3.95. The van der Waals surface area contributed by atoms with E-state index in [1.165, 1.54) is 5.56 Å². The maximum atomic E-state index is 4.35. The van der Waals surface area contributed by atoms with Gasteiger partial charge in [0.1, 0.15) is 5.82 Å². The molecule has 14 heavy (non-hydrogen) atoms. The van der Waals surface area contributed by atoms with E-state index in [4.69, 9.17) is 0 Å². The molecular weight excluding hydrogens is 194 g/mol. The van der Waals surface area contributed by atoms with Crippen LogP contribution in [-0.4, -0.2) is 16.6 Å². The average Bonchev–Trinajstić information content (AvgIpc) is 2.80. The van der Waals surface area contributed by atoms with Crippen LogP contribution in [0.3, 0.4) is 0 Å². The van der Waals surface area contributed by atoms with Crippen LogP contribution in [-0.2, 0) is 7.05 Å². The molecule has 0 fully saturated rings. The van der Waals surface area contributed by atoms with Crippen LogP contribution >= 0.6 is 11.3 Å². The minimum Gasteiger partial charge on any atom is -0.336 e. The average molecular weight is 207 g/mol. The van der Waals surface area contributed by atoms with Gasteiger partial charge in [0, 0.05) is 19.4 Å². The summed E-state index contributed by atoms with van der Waals surface area (Å²) in [5.41, 5.74) is 1.27. The Morgan fingerprint density at radius 1 is 1.57 bits per heavy atom. The number of nitrogens with zero attached hydrogens (tertiary/aromatic N) is 2. The van der Waals surface area contributed by atoms with Gasteiger partial charge in [0.2, 0.25) is 0 Å². The van der Waals surface area contributed by atoms with E-state index in [1.54, 1.807) is 11.3 Å². The van der Waals surface area contributed by atoms with Gasteiger partial charge in [-0.05, 0) is 29.4 Å². The fraction of sp³-hybridized carbons (Fsp3) is 0.300. The number of thiophene rings is 1. The third kappa shape index (κ3) is 1.58. The maximum Gasteiger partial charge on any atom is 0.130 e. The Bertz CT molecular complexity index is 391. The molecule has 0 aliphatic rings. The Morgan fingerprint density at radius 2 is 2.43 bits per heavy atom. The van der Waals surface area contributed by atoms with Crippen molar-refractivity contribution in [1.82, 2.24) is 14.9 Å². The van der Waals surface area contributed by atoms with Gasteiger partial charge in [0.05, 0.1) is 6.04 Å². The van der Waals surface area contributed by atoms with Gasteiger partial charge in [-0.15, -0.1) is 0 Å². The van der Waals surface area contributed by atoms with E-state index in [1.807, 2.05) is 31.1 Å². The summed E-state index contributed by atoms with van der Waals surface area (Å²) in [7, 11) is 3.97. The molecule has 0 spiro atoms. The van der Waals surface area contributed by atoms with Gasteiger partial charge in [-0.3, -0.25) is 0 Å². The van der Waals surface area contributed by atoms with Crippen molar-refractivity contribution >= 4 is 11.3 Å². The molecule has 3 nitrogen and oxygen atoms in total. The highest BCUT2D eigenvalue weighted by Crippen LogP contribution is 2.21. The van der Waals surface area contributed by atoms with Crippen LogP contribution < -0.4 is 5.32 Å². The standard InChI is InChI=1S/C10H13N3S/c1-11-9(8-3-6-14-7-8)10-12-4-5-13(10)2/h3-7,9,11H,1-2H3. The summed E-state index contributed by atoms with van der Waals surface area (Å²) in [5.74, 6) is 1.05. The molecule has 1 N–H and O–H groups in total. The molecule has 0 aliphatic heterocycles. The Balaban J connectivity index is 2.36. The summed E-state index contributed by atoms with van der Waals surface area (Å²) >= 11 is 1.71. The Kier molecular flexibility index (Phi) is 2.65. The number of hydrogen-bond donors (Lipinski definition) is 1. The normalized spacial score (nSPS) is 13.0. The molecule has 2 heterocycles. The molecule has 0 saturated heterocycles. The minimum absolute atomic E-state index is 0.196. The van der Waals surface area contributed by atoms with E-state index in [0.29, 0.717) is 0 Å². The summed E-state index contributed by atoms with van der Waals surface area (Å²) in [5, 5.41) is 7.51. The fourth-order valence-electron chi connectivity index (χ4n) is 1.54. The van der Waals surface area contributed by atoms with Gasteiger partial charge in [-0.25, -0.2) is 4.98 Å². The summed E-state index contributed by atoms with van der Waals surface area (Å²) in [4.78, 5) is 4.35. The summed E-state index contributed by atoms with van der Waals surface area (Å²) < 4.78 is 2.04. The van der Waals surface area contributed by atoms with E-state index in [2.05, 4.69) is 27.1 Å². The van der Waals surface area contributed by atoms with Crippen molar-refractivity contribution in [1.29, 1.82) is 0 Å². The Hall–Kier alpha value is -1.13. The van der Waals surface area contributed by atoms with E-state index in [-0.39, 0.29) is 6.04 Å². The van der Waals surface area contributed by atoms with Gasteiger partial charge in [0.15, 0.2) is 0 Å². The first-order valence-electron chi connectivity index (χ1n) is 4.49. The second kappa shape index (κ2) is 3.94. The molecule has 2 aromatic rings. The lowest BCUT2D eigenvalue weighted by atomic mass is 10.1. The number of hydrogen-bond acceptors (Lipinski definition) is 3. The SMILES string of the molecule is CNC(c1ccsc1)c1nccn1C. The molecule has 2 aromatic heterocycles. The molecule has 0 saturated carbocycles. The Labute approximate surface area is 87.4 Å². The molecule has 4 heteroatoms. The predicted molar refractivity (Wildman–Crippen MR) is 58.4 cm³/mol. The maximum absolute atomic E-state index is 4.35. The van der Waals surface area contributed by atoms with Crippen molar-refractivity contribution < 1.29 is 0 Å². The molecule has 1 unspecified atom stereocenters. The molecule has 0 aliphatic carbocycles. The van der Waals surface area contributed by atoms with Crippen molar-refractivity contribution in [2.24, 2.45) is 7.05 Å². The van der Waals surface area contributed by atoms with Crippen LogP contribution in [0.2, 0.25) is 0 Å². The zero-order valence-electron chi connectivity index (χ0n) is 8.27. The number of aromatic nitrogens is 2. The van der Waals surface area contributed by atoms with Crippen LogP contribution in [0.5, 0.6) is 0 Å². The first-order chi connectivity index (χ1) is 6.83. The van der Waals surface area contributed by atoms with Gasteiger partial charge in [0.25, 0.3) is 0 Å². The molecular formula is C10H13N3S. The summed E-state index contributed by atoms with van der Waals surface area (Å²) in [6, 6.07) is 2.32. The number of rotatable bonds is 3. The third-order valence-electron chi connectivity index (χ3n) is 2.28. The predicted octanol–water partition coefficient (Wildman–Crippen LogP) is 1.79. The zero-order chi connectivity index (χ0) is 9.97. The van der Waals surface area contributed by atoms with E-state index < -0.39 is 0 Å². The van der Waals surface area contributed by atoms with Crippen LogP contribution in [0.15, 0.2) is 29.2 Å². The largest absolute Gasteiger partial charge is 0.336 e. The van der Waals surface area contributed by atoms with Gasteiger partial charge < -0.3 is 9.88 Å². The van der Waals surface area contributed by atoms with E-state index in [0.717, 1.165) is 5.82 Å². The first kappa shape index (κ1) is 9.43. The van der Waals surface area contributed by atoms with Gasteiger partial charge in [-0.1, -0.05) is 0 Å². The van der Waals surface area contributed by atoms with Crippen molar-refractivity contribution in [2.45, 2.75) is 6.04 Å². The molecule has 0 amide bonds. The summed E-state index contributed by atoms with van der Waals surface area (Å²) in [6.07, 6.45) is 3.79. The molecule has 74 valence electrons. The van der Waals surface area contributed by atoms with Crippen molar-refractivity contribution in [3.05, 3.63) is 40.6 Å². The number of nitrogens with one attached hydrogen (secondary N) is 1. The topological polar surface area (TPSA) is 29.9 Å². The monoisotopic (exact) mass is 207 g/mol. The lowest BCUT2D eigenvalue weighted by Crippen LogP contribution is -2.20. The lowest BCUT2D eigenvalue weighted by Gasteiger charge is -2.14. The molecule has 0 radical (unpaired) electrons. The molecule has 1 atom stereocenters. The summed E-state index contributed by atoms with van der Waals surface area (Å²) in [6.45, 7) is 0. The molecule has 0 aromatic carbocycles. The van der Waals surface area contributed by atoms with Crippen LogP contribution in [0.4, 0.5) is 0 Å². The lowest BCUT2D eigenvalue weighted by molar-refractivity contribution is 0.619. The van der Waals surface area contributed by atoms with Crippen molar-refractivity contribution in [3.8, 4) is 0 Å². The van der Waals surface area contributed by atoms with E-state index >= 15 is 0 Å². The smallest absolute Gasteiger partial charge is 0.130 e. The van der Waals surface area contributed by atoms with Crippen molar-refractivity contribution in [2.75, 3.05) is 7.05 Å². The van der Waals surface area contributed by atoms with E-state index in [9.17, 15) is 0 Å². The van der Waals surface area contributed by atoms with Crippen LogP contribution in [0, 0.1) is 0 Å². The Morgan fingerprint density at radius 3 is 2.93 bits per heavy atom. The minimum atomic E-state index is 0.196. The third-order valence-corrected chi connectivity index (χ3v) is 2.98. The van der Waals surface area contributed by atoms with Gasteiger partial charge >= 0.3 is 0 Å².